The normalized spacial score (nSPS) is 14.0. The lowest BCUT2D eigenvalue weighted by molar-refractivity contribution is 0.996. The van der Waals surface area contributed by atoms with Crippen LogP contribution in [0.3, 0.4) is 0 Å². The minimum atomic E-state index is 0.264. The quantitative estimate of drug-likeness (QED) is 0.360. The monoisotopic (exact) mass is 302 g/mol. The highest BCUT2D eigenvalue weighted by molar-refractivity contribution is 6.02. The van der Waals surface area contributed by atoms with Crippen LogP contribution in [0.5, 0.6) is 0 Å². The van der Waals surface area contributed by atoms with E-state index in [0.717, 1.165) is 22.6 Å². The van der Waals surface area contributed by atoms with Crippen LogP contribution < -0.4 is 22.3 Å². The smallest absolute Gasteiger partial charge is 0.209 e. The summed E-state index contributed by atoms with van der Waals surface area (Å²) >= 11 is 0. The number of hydrogen-bond donors (Lipinski definition) is 4. The summed E-state index contributed by atoms with van der Waals surface area (Å²) in [6, 6.07) is 7.80. The van der Waals surface area contributed by atoms with Crippen molar-refractivity contribution in [2.45, 2.75) is 13.8 Å². The van der Waals surface area contributed by atoms with Gasteiger partial charge in [0.05, 0.1) is 11.4 Å². The van der Waals surface area contributed by atoms with Crippen LogP contribution in [0.1, 0.15) is 25.0 Å². The molecule has 118 valence electrons. The Morgan fingerprint density at radius 2 is 1.09 bits per heavy atom. The van der Waals surface area contributed by atoms with E-state index in [1.165, 1.54) is 0 Å². The molecular formula is C14H22N8. The molecule has 1 rings (SSSR count). The topological polar surface area (TPSA) is 126 Å². The molecule has 0 aliphatic rings. The number of hydrazone groups is 2. The Balaban J connectivity index is 2.82. The zero-order valence-corrected chi connectivity index (χ0v) is 13.3. The van der Waals surface area contributed by atoms with Crippen LogP contribution >= 0.6 is 0 Å². The summed E-state index contributed by atoms with van der Waals surface area (Å²) in [6.45, 7) is 3.76. The van der Waals surface area contributed by atoms with Crippen molar-refractivity contribution in [2.24, 2.45) is 31.7 Å². The first kappa shape index (κ1) is 17.2. The van der Waals surface area contributed by atoms with Crippen LogP contribution in [0.25, 0.3) is 0 Å². The molecule has 0 amide bonds. The molecule has 0 aromatic heterocycles. The highest BCUT2D eigenvalue weighted by Gasteiger charge is 2.01. The average molecular weight is 302 g/mol. The largest absolute Gasteiger partial charge is 0.369 e. The summed E-state index contributed by atoms with van der Waals surface area (Å²) in [5.74, 6) is 0.528. The van der Waals surface area contributed by atoms with E-state index in [-0.39, 0.29) is 11.9 Å². The van der Waals surface area contributed by atoms with Crippen LogP contribution in [-0.4, -0.2) is 37.4 Å². The standard InChI is InChI=1S/C14H22N8/c1-9(19-21-13(15)17-3)11-5-7-12(8-6-11)10(2)20-22-14(16)18-4/h5-8H,1-4H3,(H3,15,17,21)(H3,16,18,22). The fourth-order valence-electron chi connectivity index (χ4n) is 1.46. The lowest BCUT2D eigenvalue weighted by Crippen LogP contribution is -2.28. The molecule has 0 saturated carbocycles. The van der Waals surface area contributed by atoms with E-state index in [9.17, 15) is 0 Å². The molecule has 0 bridgehead atoms. The summed E-state index contributed by atoms with van der Waals surface area (Å²) < 4.78 is 0. The van der Waals surface area contributed by atoms with Gasteiger partial charge in [-0.25, -0.2) is 10.9 Å². The Morgan fingerprint density at radius 3 is 1.36 bits per heavy atom. The Hall–Kier alpha value is -2.90. The summed E-state index contributed by atoms with van der Waals surface area (Å²) in [5, 5.41) is 8.29. The molecule has 0 aliphatic carbocycles. The minimum Gasteiger partial charge on any atom is -0.369 e. The Labute approximate surface area is 130 Å². The van der Waals surface area contributed by atoms with Gasteiger partial charge in [0.15, 0.2) is 0 Å². The van der Waals surface area contributed by atoms with Gasteiger partial charge in [-0.3, -0.25) is 9.98 Å². The SMILES string of the molecule is CN=C(N)NN=C(C)c1ccc(C(C)=NNC(N)=NC)cc1. The molecule has 0 spiro atoms. The zero-order valence-electron chi connectivity index (χ0n) is 13.3. The third kappa shape index (κ3) is 5.23. The number of hydrogen-bond acceptors (Lipinski definition) is 4. The van der Waals surface area contributed by atoms with Crippen LogP contribution in [-0.2, 0) is 0 Å². The van der Waals surface area contributed by atoms with Gasteiger partial charge < -0.3 is 11.5 Å². The summed E-state index contributed by atoms with van der Waals surface area (Å²) in [5.41, 5.74) is 19.9. The van der Waals surface area contributed by atoms with Crippen LogP contribution in [0.4, 0.5) is 0 Å². The summed E-state index contributed by atoms with van der Waals surface area (Å²) in [6.07, 6.45) is 0. The molecule has 0 fully saturated rings. The molecule has 0 saturated heterocycles. The van der Waals surface area contributed by atoms with Gasteiger partial charge in [-0.2, -0.15) is 10.2 Å². The third-order valence-corrected chi connectivity index (χ3v) is 2.88. The van der Waals surface area contributed by atoms with Crippen molar-refractivity contribution in [3.8, 4) is 0 Å². The van der Waals surface area contributed by atoms with E-state index < -0.39 is 0 Å². The molecule has 8 heteroatoms. The predicted molar refractivity (Wildman–Crippen MR) is 92.2 cm³/mol. The van der Waals surface area contributed by atoms with Gasteiger partial charge in [0, 0.05) is 14.1 Å². The molecule has 6 N–H and O–H groups in total. The Kier molecular flexibility index (Phi) is 6.55. The molecule has 0 unspecified atom stereocenters. The van der Waals surface area contributed by atoms with Gasteiger partial charge in [-0.1, -0.05) is 24.3 Å². The number of benzene rings is 1. The van der Waals surface area contributed by atoms with E-state index in [0.29, 0.717) is 0 Å². The van der Waals surface area contributed by atoms with Crippen molar-refractivity contribution in [3.63, 3.8) is 0 Å². The second-order valence-electron chi connectivity index (χ2n) is 4.41. The average Bonchev–Trinajstić information content (AvgIpc) is 2.56. The van der Waals surface area contributed by atoms with E-state index in [2.05, 4.69) is 31.0 Å². The van der Waals surface area contributed by atoms with Crippen molar-refractivity contribution < 1.29 is 0 Å². The lowest BCUT2D eigenvalue weighted by Gasteiger charge is -2.05. The molecule has 8 nitrogen and oxygen atoms in total. The predicted octanol–water partition coefficient (Wildman–Crippen LogP) is 0.203. The van der Waals surface area contributed by atoms with Gasteiger partial charge in [0.2, 0.25) is 11.9 Å². The number of nitrogens with two attached hydrogens (primary N) is 2. The third-order valence-electron chi connectivity index (χ3n) is 2.88. The van der Waals surface area contributed by atoms with Gasteiger partial charge in [-0.05, 0) is 25.0 Å². The number of aliphatic imine (C=N–C) groups is 2. The van der Waals surface area contributed by atoms with E-state index >= 15 is 0 Å². The first-order valence-electron chi connectivity index (χ1n) is 6.63. The minimum absolute atomic E-state index is 0.264. The van der Waals surface area contributed by atoms with Gasteiger partial charge in [0.25, 0.3) is 0 Å². The number of guanidine groups is 2. The number of nitrogens with zero attached hydrogens (tertiary/aromatic N) is 4. The highest BCUT2D eigenvalue weighted by atomic mass is 15.4. The molecule has 0 atom stereocenters. The van der Waals surface area contributed by atoms with Crippen molar-refractivity contribution in [1.82, 2.24) is 10.9 Å². The molecular weight excluding hydrogens is 280 g/mol. The van der Waals surface area contributed by atoms with Crippen LogP contribution in [0.2, 0.25) is 0 Å². The lowest BCUT2D eigenvalue weighted by atomic mass is 10.1. The van der Waals surface area contributed by atoms with Crippen LogP contribution in [0.15, 0.2) is 44.5 Å². The second kappa shape index (κ2) is 8.40. The van der Waals surface area contributed by atoms with E-state index in [1.807, 2.05) is 38.1 Å². The van der Waals surface area contributed by atoms with E-state index in [4.69, 9.17) is 11.5 Å². The maximum absolute atomic E-state index is 5.52. The molecule has 0 aliphatic heterocycles. The fraction of sp³-hybridized carbons (Fsp3) is 0.286. The number of rotatable bonds is 4. The molecule has 0 heterocycles. The summed E-state index contributed by atoms with van der Waals surface area (Å²) in [4.78, 5) is 7.53. The van der Waals surface area contributed by atoms with Gasteiger partial charge in [-0.15, -0.1) is 0 Å². The molecule has 1 aromatic rings. The fourth-order valence-corrected chi connectivity index (χ4v) is 1.46. The maximum atomic E-state index is 5.52. The van der Waals surface area contributed by atoms with Crippen molar-refractivity contribution >= 4 is 23.3 Å². The van der Waals surface area contributed by atoms with Crippen molar-refractivity contribution in [3.05, 3.63) is 35.4 Å². The zero-order chi connectivity index (χ0) is 16.5. The molecule has 1 aromatic carbocycles. The highest BCUT2D eigenvalue weighted by Crippen LogP contribution is 2.07. The van der Waals surface area contributed by atoms with Gasteiger partial charge >= 0.3 is 0 Å². The van der Waals surface area contributed by atoms with E-state index in [1.54, 1.807) is 14.1 Å². The first-order chi connectivity index (χ1) is 10.5. The molecule has 22 heavy (non-hydrogen) atoms. The van der Waals surface area contributed by atoms with Gasteiger partial charge in [0.1, 0.15) is 0 Å². The summed E-state index contributed by atoms with van der Waals surface area (Å²) in [7, 11) is 3.18. The maximum Gasteiger partial charge on any atom is 0.209 e. The van der Waals surface area contributed by atoms with Crippen molar-refractivity contribution in [1.29, 1.82) is 0 Å². The van der Waals surface area contributed by atoms with Crippen molar-refractivity contribution in [2.75, 3.05) is 14.1 Å². The van der Waals surface area contributed by atoms with Crippen LogP contribution in [0, 0.1) is 0 Å². The molecule has 0 radical (unpaired) electrons. The second-order valence-corrected chi connectivity index (χ2v) is 4.41. The Morgan fingerprint density at radius 1 is 0.773 bits per heavy atom. The first-order valence-corrected chi connectivity index (χ1v) is 6.63. The number of nitrogens with one attached hydrogen (secondary N) is 2. The Bertz CT molecular complexity index is 555.